The molecule has 4 aliphatic heterocycles. The van der Waals surface area contributed by atoms with E-state index in [1.807, 2.05) is 0 Å². The van der Waals surface area contributed by atoms with E-state index in [1.54, 1.807) is 0 Å². The van der Waals surface area contributed by atoms with E-state index >= 15 is 0 Å². The van der Waals surface area contributed by atoms with E-state index in [1.165, 1.54) is 122 Å². The van der Waals surface area contributed by atoms with Gasteiger partial charge >= 0.3 is 0 Å². The number of rotatable bonds is 13. The molecule has 0 spiro atoms. The molecule has 0 radical (unpaired) electrons. The van der Waals surface area contributed by atoms with Crippen molar-refractivity contribution in [2.75, 3.05) is 37.0 Å². The third-order valence-corrected chi connectivity index (χ3v) is 19.8. The molecular formula is C80H76Cl2N4O8. The van der Waals surface area contributed by atoms with Gasteiger partial charge in [-0.15, -0.1) is 20.5 Å². The van der Waals surface area contributed by atoms with Gasteiger partial charge in [-0.1, -0.05) is 182 Å². The van der Waals surface area contributed by atoms with Crippen LogP contribution in [-0.2, 0) is 34.5 Å². The summed E-state index contributed by atoms with van der Waals surface area (Å²) in [6.45, 7) is 16.5. The van der Waals surface area contributed by atoms with Gasteiger partial charge in [0.25, 0.3) is 0 Å². The molecule has 14 heteroatoms. The Balaban J connectivity index is 0.000000791. The second-order valence-corrected chi connectivity index (χ2v) is 28.0. The Morgan fingerprint density at radius 2 is 0.649 bits per heavy atom. The average molecular weight is 1290 g/mol. The fraction of sp³-hybridized carbons (Fsp3) is 0.225. The Bertz CT molecular complexity index is 4440. The molecule has 14 rings (SSSR count). The lowest BCUT2D eigenvalue weighted by molar-refractivity contribution is -2.00. The highest BCUT2D eigenvalue weighted by Gasteiger charge is 2.49. The maximum absolute atomic E-state index is 8.49. The SMILES string of the molecule is CN1C(=CC=CC2=[N+](CCCC[N+]3=C(C=CC=C4N(C)c5ccc6ccccc6c5C4(C)Cc4ccccc4)C(C)(C)c4c3ccc3ccccc43)c3ccc4ccccc4c3C2(C)C)C(C)(Cc2ccccc2)c2c1ccc1ccccc21.[O-][Cl+3]([O-])([O-])[O-].[O-][Cl+3]([O-])([O-])[O-]. The van der Waals surface area contributed by atoms with Crippen LogP contribution < -0.4 is 47.1 Å². The topological polar surface area (TPSA) is 197 Å². The first-order valence-corrected chi connectivity index (χ1v) is 34.2. The molecule has 2 atom stereocenters. The number of hydrogen-bond acceptors (Lipinski definition) is 10. The summed E-state index contributed by atoms with van der Waals surface area (Å²) in [4.78, 5) is 4.91. The monoisotopic (exact) mass is 1290 g/mol. The van der Waals surface area contributed by atoms with Crippen LogP contribution in [0.1, 0.15) is 87.8 Å². The zero-order valence-electron chi connectivity index (χ0n) is 54.1. The summed E-state index contributed by atoms with van der Waals surface area (Å²) < 4.78 is 73.3. The number of anilines is 2. The average Bonchev–Trinajstić information content (AvgIpc) is 1.65. The van der Waals surface area contributed by atoms with Crippen molar-refractivity contribution < 1.29 is 66.9 Å². The largest absolute Gasteiger partial charge is 0.347 e. The highest BCUT2D eigenvalue weighted by atomic mass is 35.7. The minimum absolute atomic E-state index is 0.239. The second-order valence-electron chi connectivity index (χ2n) is 26.4. The number of fused-ring (bicyclic) bond motifs is 12. The standard InChI is InChI=1S/C80H76N4.2ClHO4/c1-77(2)69(39-25-41-71-79(5,53-55-27-11-9-12-28-55)75-63-37-21-17-33-59(63)43-47-65(75)81(71)7)83(67-49-45-57-31-15-19-35-61(57)73(67)77)51-23-24-52-84-68-50-46-58-32-16-20-36-62(58)74(68)78(3,4)70(84)40-26-42-72-80(6,54-56-29-13-10-14-30-56)76-64-38-22-18-34-60(64)44-48-66(76)82(72)8;2*2-1(3,4)5/h9-22,25-50H,23-24,51-54H2,1-8H3;2*(H,2,3,4,5)/q+2;;/p-2. The first-order valence-electron chi connectivity index (χ1n) is 31.7. The first-order chi connectivity index (χ1) is 44.8. The number of hydrogen-bond donors (Lipinski definition) is 0. The highest BCUT2D eigenvalue weighted by molar-refractivity contribution is 6.09. The molecule has 0 saturated carbocycles. The summed E-state index contributed by atoms with van der Waals surface area (Å²) in [5, 5.41) is 10.5. The van der Waals surface area contributed by atoms with Crippen molar-refractivity contribution in [2.45, 2.75) is 88.9 Å². The summed E-state index contributed by atoms with van der Waals surface area (Å²) in [5.74, 6) is 0. The van der Waals surface area contributed by atoms with Gasteiger partial charge in [0, 0.05) is 95.9 Å². The van der Waals surface area contributed by atoms with Crippen LogP contribution in [0, 0.1) is 20.5 Å². The van der Waals surface area contributed by atoms with Gasteiger partial charge in [0.2, 0.25) is 11.4 Å². The van der Waals surface area contributed by atoms with Gasteiger partial charge in [-0.25, -0.2) is 37.3 Å². The minimum atomic E-state index is -4.94. The first kappa shape index (κ1) is 65.5. The van der Waals surface area contributed by atoms with Crippen molar-refractivity contribution in [3.63, 3.8) is 0 Å². The lowest BCUT2D eigenvalue weighted by atomic mass is 9.74. The van der Waals surface area contributed by atoms with Gasteiger partial charge in [-0.05, 0) is 156 Å². The van der Waals surface area contributed by atoms with Gasteiger partial charge < -0.3 is 9.80 Å². The molecule has 0 aromatic heterocycles. The van der Waals surface area contributed by atoms with Crippen LogP contribution in [-0.4, -0.2) is 47.8 Å². The molecule has 10 aromatic carbocycles. The number of halogens is 2. The summed E-state index contributed by atoms with van der Waals surface area (Å²) >= 11 is 0. The van der Waals surface area contributed by atoms with Crippen molar-refractivity contribution in [1.29, 1.82) is 0 Å². The van der Waals surface area contributed by atoms with Crippen molar-refractivity contribution >= 4 is 77.3 Å². The summed E-state index contributed by atoms with van der Waals surface area (Å²) in [5.41, 5.74) is 17.9. The molecule has 478 valence electrons. The second kappa shape index (κ2) is 25.6. The van der Waals surface area contributed by atoms with Crippen molar-refractivity contribution in [2.24, 2.45) is 0 Å². The molecule has 0 fully saturated rings. The van der Waals surface area contributed by atoms with Gasteiger partial charge in [0.05, 0.1) is 10.8 Å². The van der Waals surface area contributed by atoms with Crippen LogP contribution >= 0.6 is 0 Å². The molecule has 0 bridgehead atoms. The Morgan fingerprint density at radius 3 is 0.979 bits per heavy atom. The predicted molar refractivity (Wildman–Crippen MR) is 357 cm³/mol. The zero-order chi connectivity index (χ0) is 66.5. The van der Waals surface area contributed by atoms with E-state index in [4.69, 9.17) is 37.3 Å². The highest BCUT2D eigenvalue weighted by Crippen LogP contribution is 2.54. The van der Waals surface area contributed by atoms with Gasteiger partial charge in [-0.2, -0.15) is 9.15 Å². The Kier molecular flexibility index (Phi) is 17.8. The number of benzene rings is 10. The Labute approximate surface area is 554 Å². The van der Waals surface area contributed by atoms with E-state index in [0.717, 1.165) is 38.8 Å². The molecular weight excluding hydrogens is 1220 g/mol. The molecule has 4 heterocycles. The molecule has 0 N–H and O–H groups in total. The van der Waals surface area contributed by atoms with E-state index in [9.17, 15) is 0 Å². The van der Waals surface area contributed by atoms with Crippen LogP contribution in [0.15, 0.2) is 254 Å². The molecule has 10 aromatic rings. The summed E-state index contributed by atoms with van der Waals surface area (Å²) in [6, 6.07) is 76.7. The Morgan fingerprint density at radius 1 is 0.362 bits per heavy atom. The summed E-state index contributed by atoms with van der Waals surface area (Å²) in [7, 11) is -5.36. The quantitative estimate of drug-likeness (QED) is 0.0793. The molecule has 0 amide bonds. The van der Waals surface area contributed by atoms with Crippen LogP contribution in [0.3, 0.4) is 0 Å². The van der Waals surface area contributed by atoms with Crippen LogP contribution in [0.4, 0.5) is 22.7 Å². The normalized spacial score (nSPS) is 19.6. The zero-order valence-corrected chi connectivity index (χ0v) is 55.7. The van der Waals surface area contributed by atoms with E-state index in [-0.39, 0.29) is 21.7 Å². The van der Waals surface area contributed by atoms with Gasteiger partial charge in [-0.3, -0.25) is 0 Å². The fourth-order valence-electron chi connectivity index (χ4n) is 16.0. The van der Waals surface area contributed by atoms with Gasteiger partial charge in [0.1, 0.15) is 13.1 Å². The minimum Gasteiger partial charge on any atom is -0.347 e. The smallest absolute Gasteiger partial charge is 0.210 e. The van der Waals surface area contributed by atoms with Crippen LogP contribution in [0.25, 0.3) is 43.1 Å². The maximum atomic E-state index is 8.49. The van der Waals surface area contributed by atoms with E-state index < -0.39 is 20.5 Å². The maximum Gasteiger partial charge on any atom is 0.210 e. The number of nitrogens with zero attached hydrogens (tertiary/aromatic N) is 4. The lowest BCUT2D eigenvalue weighted by Gasteiger charge is -2.29. The third-order valence-electron chi connectivity index (χ3n) is 19.8. The van der Waals surface area contributed by atoms with Gasteiger partial charge in [0.15, 0.2) is 11.4 Å². The molecule has 0 saturated heterocycles. The molecule has 12 nitrogen and oxygen atoms in total. The van der Waals surface area contributed by atoms with Crippen molar-refractivity contribution in [1.82, 2.24) is 0 Å². The number of likely N-dealkylation sites (N-methyl/N-ethyl adjacent to an activating group) is 2. The predicted octanol–water partition coefficient (Wildman–Crippen LogP) is 9.20. The third kappa shape index (κ3) is 12.6. The molecule has 4 aliphatic rings. The molecule has 94 heavy (non-hydrogen) atoms. The van der Waals surface area contributed by atoms with Crippen molar-refractivity contribution in [3.05, 3.63) is 287 Å². The van der Waals surface area contributed by atoms with E-state index in [0.29, 0.717) is 0 Å². The summed E-state index contributed by atoms with van der Waals surface area (Å²) in [6.07, 6.45) is 18.3. The van der Waals surface area contributed by atoms with Crippen LogP contribution in [0.2, 0.25) is 0 Å². The van der Waals surface area contributed by atoms with E-state index in [2.05, 4.69) is 317 Å². The van der Waals surface area contributed by atoms with Crippen molar-refractivity contribution in [3.8, 4) is 0 Å². The number of allylic oxidation sites excluding steroid dienone is 8. The fourth-order valence-corrected chi connectivity index (χ4v) is 16.0. The number of unbranched alkanes of at least 4 members (excludes halogenated alkanes) is 1. The Hall–Kier alpha value is -8.60. The van der Waals surface area contributed by atoms with Crippen LogP contribution in [0.5, 0.6) is 0 Å². The molecule has 2 unspecified atom stereocenters. The molecule has 0 aliphatic carbocycles. The lowest BCUT2D eigenvalue weighted by Crippen LogP contribution is -2.68.